The van der Waals surface area contributed by atoms with E-state index in [1.165, 1.54) is 0 Å². The second-order valence-electron chi connectivity index (χ2n) is 12.7. The van der Waals surface area contributed by atoms with E-state index in [0.29, 0.717) is 11.2 Å². The topological polar surface area (TPSA) is 74.6 Å². The molecule has 0 spiro atoms. The lowest BCUT2D eigenvalue weighted by molar-refractivity contribution is 0.667. The molecular weight excluding hydrogens is 629 g/mol. The number of rotatable bonds is 4. The molecule has 0 aliphatic heterocycles. The Labute approximate surface area is 290 Å². The van der Waals surface area contributed by atoms with Gasteiger partial charge in [0.1, 0.15) is 22.3 Å². The fourth-order valence-electron chi connectivity index (χ4n) is 7.52. The van der Waals surface area contributed by atoms with Crippen molar-refractivity contribution >= 4 is 66.1 Å². The van der Waals surface area contributed by atoms with Crippen LogP contribution in [0.25, 0.3) is 100.0 Å². The zero-order valence-electron chi connectivity index (χ0n) is 27.1. The maximum absolute atomic E-state index is 6.26. The Hall–Kier alpha value is -7.12. The van der Waals surface area contributed by atoms with Crippen LogP contribution in [0.1, 0.15) is 0 Å². The van der Waals surface area contributed by atoms with E-state index in [4.69, 9.17) is 24.4 Å². The summed E-state index contributed by atoms with van der Waals surface area (Å²) >= 11 is 0. The summed E-state index contributed by atoms with van der Waals surface area (Å²) in [5.74, 6) is 0. The van der Waals surface area contributed by atoms with Gasteiger partial charge in [-0.3, -0.25) is 9.13 Å². The van der Waals surface area contributed by atoms with E-state index >= 15 is 0 Å². The maximum atomic E-state index is 6.26. The summed E-state index contributed by atoms with van der Waals surface area (Å²) in [5.41, 5.74) is 12.7. The summed E-state index contributed by atoms with van der Waals surface area (Å²) < 4.78 is 10.7. The van der Waals surface area contributed by atoms with Gasteiger partial charge in [0.25, 0.3) is 0 Å². The van der Waals surface area contributed by atoms with Crippen molar-refractivity contribution in [2.45, 2.75) is 0 Å². The first-order valence-corrected chi connectivity index (χ1v) is 16.9. The minimum absolute atomic E-state index is 0.702. The van der Waals surface area contributed by atoms with Crippen LogP contribution in [-0.4, -0.2) is 29.1 Å². The van der Waals surface area contributed by atoms with E-state index < -0.39 is 0 Å². The Bertz CT molecular complexity index is 2930. The number of nitrogens with zero attached hydrogens (tertiary/aromatic N) is 6. The number of furan rings is 1. The molecular formula is C44H26N6O. The molecule has 7 nitrogen and oxygen atoms in total. The van der Waals surface area contributed by atoms with Crippen LogP contribution in [0.2, 0.25) is 0 Å². The van der Waals surface area contributed by atoms with Gasteiger partial charge in [0.05, 0.1) is 22.4 Å². The van der Waals surface area contributed by atoms with Gasteiger partial charge in [-0.15, -0.1) is 0 Å². The standard InChI is InChI=1S/C44H26N6O/c1-3-9-29(10-4-1)49-37-25-27(15-17-31(37)33-13-7-23-45-43(33)49)35-19-21-39-41(47-35)42-40(51-39)22-20-36(48-42)28-16-18-32-34-14-8-24-46-44(34)50(38(32)26-28)30-11-5-2-6-12-30/h1-26H. The van der Waals surface area contributed by atoms with Gasteiger partial charge in [-0.2, -0.15) is 0 Å². The van der Waals surface area contributed by atoms with Crippen molar-refractivity contribution in [2.24, 2.45) is 0 Å². The lowest BCUT2D eigenvalue weighted by Gasteiger charge is -2.08. The highest BCUT2D eigenvalue weighted by Gasteiger charge is 2.18. The van der Waals surface area contributed by atoms with Gasteiger partial charge in [0, 0.05) is 56.4 Å². The number of aromatic nitrogens is 6. The van der Waals surface area contributed by atoms with Gasteiger partial charge >= 0.3 is 0 Å². The fraction of sp³-hybridized carbons (Fsp3) is 0. The molecule has 0 fully saturated rings. The van der Waals surface area contributed by atoms with Crippen LogP contribution in [0.4, 0.5) is 0 Å². The summed E-state index contributed by atoms with van der Waals surface area (Å²) in [4.78, 5) is 19.9. The first kappa shape index (κ1) is 27.8. The van der Waals surface area contributed by atoms with Crippen molar-refractivity contribution in [3.05, 3.63) is 158 Å². The van der Waals surface area contributed by atoms with E-state index in [0.717, 1.165) is 88.8 Å². The molecule has 0 aliphatic rings. The van der Waals surface area contributed by atoms with Crippen LogP contribution in [0.3, 0.4) is 0 Å². The van der Waals surface area contributed by atoms with Gasteiger partial charge in [0.2, 0.25) is 0 Å². The molecule has 7 heterocycles. The van der Waals surface area contributed by atoms with Crippen molar-refractivity contribution in [3.63, 3.8) is 0 Å². The Balaban J connectivity index is 1.07. The zero-order valence-corrected chi connectivity index (χ0v) is 27.1. The van der Waals surface area contributed by atoms with Crippen LogP contribution in [0.5, 0.6) is 0 Å². The number of benzene rings is 4. The van der Waals surface area contributed by atoms with E-state index in [1.807, 2.05) is 60.9 Å². The molecule has 0 saturated carbocycles. The number of para-hydroxylation sites is 2. The molecule has 238 valence electrons. The van der Waals surface area contributed by atoms with Gasteiger partial charge in [-0.25, -0.2) is 19.9 Å². The van der Waals surface area contributed by atoms with E-state index in [1.54, 1.807) is 0 Å². The Kier molecular flexibility index (Phi) is 5.83. The quantitative estimate of drug-likeness (QED) is 0.189. The minimum atomic E-state index is 0.702. The lowest BCUT2D eigenvalue weighted by Crippen LogP contribution is -1.95. The molecule has 51 heavy (non-hydrogen) atoms. The Morgan fingerprint density at radius 3 is 1.35 bits per heavy atom. The smallest absolute Gasteiger partial charge is 0.155 e. The summed E-state index contributed by atoms with van der Waals surface area (Å²) in [6.07, 6.45) is 3.70. The molecule has 0 unspecified atom stereocenters. The number of fused-ring (bicyclic) bond motifs is 9. The Morgan fingerprint density at radius 2 is 0.882 bits per heavy atom. The lowest BCUT2D eigenvalue weighted by atomic mass is 10.1. The van der Waals surface area contributed by atoms with E-state index in [2.05, 4.69) is 106 Å². The van der Waals surface area contributed by atoms with Crippen molar-refractivity contribution in [1.29, 1.82) is 0 Å². The Morgan fingerprint density at radius 1 is 0.412 bits per heavy atom. The normalized spacial score (nSPS) is 11.9. The average molecular weight is 655 g/mol. The first-order valence-electron chi connectivity index (χ1n) is 16.9. The van der Waals surface area contributed by atoms with E-state index in [9.17, 15) is 0 Å². The maximum Gasteiger partial charge on any atom is 0.155 e. The molecule has 0 bridgehead atoms. The van der Waals surface area contributed by atoms with E-state index in [-0.39, 0.29) is 0 Å². The minimum Gasteiger partial charge on any atom is -0.453 e. The van der Waals surface area contributed by atoms with Crippen molar-refractivity contribution in [3.8, 4) is 33.9 Å². The van der Waals surface area contributed by atoms with Crippen LogP contribution >= 0.6 is 0 Å². The van der Waals surface area contributed by atoms with Crippen LogP contribution in [-0.2, 0) is 0 Å². The number of pyridine rings is 4. The van der Waals surface area contributed by atoms with Gasteiger partial charge in [-0.05, 0) is 84.9 Å². The zero-order chi connectivity index (χ0) is 33.5. The highest BCUT2D eigenvalue weighted by molar-refractivity contribution is 6.10. The highest BCUT2D eigenvalue weighted by atomic mass is 16.3. The predicted molar refractivity (Wildman–Crippen MR) is 204 cm³/mol. The molecule has 0 saturated heterocycles. The first-order chi connectivity index (χ1) is 25.3. The second-order valence-corrected chi connectivity index (χ2v) is 12.7. The second kappa shape index (κ2) is 10.7. The third kappa shape index (κ3) is 4.18. The van der Waals surface area contributed by atoms with Gasteiger partial charge in [0.15, 0.2) is 11.2 Å². The molecule has 0 radical (unpaired) electrons. The van der Waals surface area contributed by atoms with Crippen LogP contribution < -0.4 is 0 Å². The van der Waals surface area contributed by atoms with Gasteiger partial charge in [-0.1, -0.05) is 60.7 Å². The summed E-state index contributed by atoms with van der Waals surface area (Å²) in [5, 5.41) is 4.52. The SMILES string of the molecule is c1ccc(-n2c3cc(-c4ccc5oc6ccc(-c7ccc8c9cccnc9n(-c9ccccc9)c8c7)nc6c5n4)ccc3c3cccnc32)cc1. The average Bonchev–Trinajstić information content (AvgIpc) is 3.85. The highest BCUT2D eigenvalue weighted by Crippen LogP contribution is 2.37. The summed E-state index contributed by atoms with van der Waals surface area (Å²) in [7, 11) is 0. The third-order valence-corrected chi connectivity index (χ3v) is 9.84. The van der Waals surface area contributed by atoms with Crippen molar-refractivity contribution in [1.82, 2.24) is 29.1 Å². The number of hydrogen-bond donors (Lipinski definition) is 0. The largest absolute Gasteiger partial charge is 0.453 e. The molecule has 4 aromatic carbocycles. The van der Waals surface area contributed by atoms with Crippen LogP contribution in [0.15, 0.2) is 162 Å². The summed E-state index contributed by atoms with van der Waals surface area (Å²) in [6, 6.07) is 50.0. The summed E-state index contributed by atoms with van der Waals surface area (Å²) in [6.45, 7) is 0. The number of hydrogen-bond acceptors (Lipinski definition) is 5. The monoisotopic (exact) mass is 654 g/mol. The molecule has 11 aromatic rings. The molecule has 0 aliphatic carbocycles. The van der Waals surface area contributed by atoms with Crippen molar-refractivity contribution < 1.29 is 4.42 Å². The molecule has 0 amide bonds. The van der Waals surface area contributed by atoms with Crippen molar-refractivity contribution in [2.75, 3.05) is 0 Å². The molecule has 0 atom stereocenters. The van der Waals surface area contributed by atoms with Crippen LogP contribution in [0, 0.1) is 0 Å². The molecule has 11 rings (SSSR count). The molecule has 0 N–H and O–H groups in total. The third-order valence-electron chi connectivity index (χ3n) is 9.84. The molecule has 7 heteroatoms. The molecule has 7 aromatic heterocycles. The fourth-order valence-corrected chi connectivity index (χ4v) is 7.52. The van der Waals surface area contributed by atoms with Gasteiger partial charge < -0.3 is 4.42 Å². The predicted octanol–water partition coefficient (Wildman–Crippen LogP) is 10.7.